The quantitative estimate of drug-likeness (QED) is 0.929. The van der Waals surface area contributed by atoms with Crippen molar-refractivity contribution in [2.75, 3.05) is 7.11 Å². The average molecular weight is 305 g/mol. The molecule has 94 valence electrons. The number of methoxy groups -OCH3 is 1. The van der Waals surface area contributed by atoms with Crippen molar-refractivity contribution in [1.29, 1.82) is 0 Å². The van der Waals surface area contributed by atoms with Crippen LogP contribution < -0.4 is 4.74 Å². The van der Waals surface area contributed by atoms with Crippen molar-refractivity contribution in [3.63, 3.8) is 0 Å². The number of aryl methyl sites for hydroxylation is 1. The molecule has 0 aliphatic rings. The molecule has 0 fully saturated rings. The second-order valence-corrected chi connectivity index (χ2v) is 4.74. The van der Waals surface area contributed by atoms with Crippen LogP contribution in [0.2, 0.25) is 0 Å². The summed E-state index contributed by atoms with van der Waals surface area (Å²) in [4.78, 5) is 10.8. The molecule has 17 heavy (non-hydrogen) atoms. The van der Waals surface area contributed by atoms with E-state index in [4.69, 9.17) is 9.84 Å². The van der Waals surface area contributed by atoms with Crippen LogP contribution in [0.1, 0.15) is 18.1 Å². The first-order chi connectivity index (χ1) is 7.88. The molecule has 0 spiro atoms. The normalized spacial score (nSPS) is 12.3. The van der Waals surface area contributed by atoms with E-state index in [0.29, 0.717) is 16.9 Å². The Morgan fingerprint density at radius 3 is 2.71 bits per heavy atom. The van der Waals surface area contributed by atoms with Gasteiger partial charge in [-0.2, -0.15) is 0 Å². The molecule has 0 heterocycles. The van der Waals surface area contributed by atoms with Crippen LogP contribution in [0.5, 0.6) is 5.75 Å². The minimum absolute atomic E-state index is 0.220. The lowest BCUT2D eigenvalue weighted by molar-refractivity contribution is -0.141. The Morgan fingerprint density at radius 2 is 2.24 bits per heavy atom. The van der Waals surface area contributed by atoms with Crippen molar-refractivity contribution >= 4 is 21.9 Å². The third kappa shape index (κ3) is 2.97. The van der Waals surface area contributed by atoms with Crippen LogP contribution in [0.4, 0.5) is 4.39 Å². The number of aliphatic carboxylic acids is 1. The summed E-state index contributed by atoms with van der Waals surface area (Å²) in [5.74, 6) is -1.38. The number of halogens is 2. The van der Waals surface area contributed by atoms with E-state index >= 15 is 0 Å². The van der Waals surface area contributed by atoms with E-state index < -0.39 is 17.7 Å². The van der Waals surface area contributed by atoms with Crippen molar-refractivity contribution in [1.82, 2.24) is 0 Å². The van der Waals surface area contributed by atoms with E-state index in [0.717, 1.165) is 0 Å². The van der Waals surface area contributed by atoms with Gasteiger partial charge in [-0.25, -0.2) is 4.39 Å². The number of hydrogen-bond donors (Lipinski definition) is 1. The first-order valence-electron chi connectivity index (χ1n) is 5.12. The van der Waals surface area contributed by atoms with Gasteiger partial charge in [0.15, 0.2) is 0 Å². The van der Waals surface area contributed by atoms with Crippen LogP contribution in [-0.4, -0.2) is 18.2 Å². The summed E-state index contributed by atoms with van der Waals surface area (Å²) in [7, 11) is 1.49. The molecule has 0 amide bonds. The van der Waals surface area contributed by atoms with E-state index in [-0.39, 0.29) is 10.9 Å². The van der Waals surface area contributed by atoms with Gasteiger partial charge in [-0.05, 0) is 40.9 Å². The molecule has 0 aliphatic heterocycles. The fraction of sp³-hybridized carbons (Fsp3) is 0.417. The molecule has 1 aromatic rings. The van der Waals surface area contributed by atoms with Gasteiger partial charge in [-0.3, -0.25) is 4.79 Å². The summed E-state index contributed by atoms with van der Waals surface area (Å²) in [6.07, 6.45) is 0.220. The fourth-order valence-corrected chi connectivity index (χ4v) is 2.12. The largest absolute Gasteiger partial charge is 0.496 e. The maximum atomic E-state index is 13.6. The smallest absolute Gasteiger partial charge is 0.306 e. The highest BCUT2D eigenvalue weighted by molar-refractivity contribution is 9.10. The molecule has 0 saturated carbocycles. The zero-order valence-electron chi connectivity index (χ0n) is 9.88. The molecule has 0 aliphatic carbocycles. The van der Waals surface area contributed by atoms with Crippen LogP contribution in [0, 0.1) is 18.7 Å². The van der Waals surface area contributed by atoms with Gasteiger partial charge in [0.1, 0.15) is 11.6 Å². The molecule has 0 saturated heterocycles. The number of carbonyl (C=O) groups is 1. The molecule has 0 aromatic heterocycles. The van der Waals surface area contributed by atoms with E-state index in [1.54, 1.807) is 13.8 Å². The first kappa shape index (κ1) is 14.0. The van der Waals surface area contributed by atoms with Gasteiger partial charge in [0.25, 0.3) is 0 Å². The lowest BCUT2D eigenvalue weighted by Crippen LogP contribution is -2.14. The van der Waals surface area contributed by atoms with E-state index in [9.17, 15) is 9.18 Å². The Morgan fingerprint density at radius 1 is 1.65 bits per heavy atom. The predicted octanol–water partition coefficient (Wildman–Crippen LogP) is 3.17. The van der Waals surface area contributed by atoms with Gasteiger partial charge < -0.3 is 9.84 Å². The number of hydrogen-bond acceptors (Lipinski definition) is 2. The zero-order chi connectivity index (χ0) is 13.2. The SMILES string of the molecule is COc1c(C)cc(F)c(Br)c1CC(C)C(=O)O. The summed E-state index contributed by atoms with van der Waals surface area (Å²) in [6, 6.07) is 1.36. The third-order valence-electron chi connectivity index (χ3n) is 2.59. The Bertz CT molecular complexity index is 446. The van der Waals surface area contributed by atoms with Crippen molar-refractivity contribution in [2.45, 2.75) is 20.3 Å². The lowest BCUT2D eigenvalue weighted by atomic mass is 9.98. The van der Waals surface area contributed by atoms with Gasteiger partial charge in [-0.1, -0.05) is 6.92 Å². The van der Waals surface area contributed by atoms with Gasteiger partial charge in [-0.15, -0.1) is 0 Å². The van der Waals surface area contributed by atoms with E-state index in [1.807, 2.05) is 0 Å². The number of benzene rings is 1. The van der Waals surface area contributed by atoms with Gasteiger partial charge in [0, 0.05) is 5.56 Å². The third-order valence-corrected chi connectivity index (χ3v) is 3.44. The fourth-order valence-electron chi connectivity index (χ4n) is 1.66. The first-order valence-corrected chi connectivity index (χ1v) is 5.92. The highest BCUT2D eigenvalue weighted by atomic mass is 79.9. The number of ether oxygens (including phenoxy) is 1. The molecule has 0 radical (unpaired) electrons. The van der Waals surface area contributed by atoms with Crippen molar-refractivity contribution in [3.05, 3.63) is 27.5 Å². The maximum absolute atomic E-state index is 13.6. The minimum atomic E-state index is -0.916. The zero-order valence-corrected chi connectivity index (χ0v) is 11.5. The molecule has 1 unspecified atom stereocenters. The summed E-state index contributed by atoms with van der Waals surface area (Å²) in [5.41, 5.74) is 1.21. The predicted molar refractivity (Wildman–Crippen MR) is 65.9 cm³/mol. The number of rotatable bonds is 4. The molecular formula is C12H14BrFO3. The maximum Gasteiger partial charge on any atom is 0.306 e. The van der Waals surface area contributed by atoms with Crippen LogP contribution >= 0.6 is 15.9 Å². The Kier molecular flexibility index (Phi) is 4.51. The van der Waals surface area contributed by atoms with Gasteiger partial charge in [0.2, 0.25) is 0 Å². The second kappa shape index (κ2) is 5.49. The highest BCUT2D eigenvalue weighted by Gasteiger charge is 2.20. The van der Waals surface area contributed by atoms with Gasteiger partial charge in [0.05, 0.1) is 17.5 Å². The van der Waals surface area contributed by atoms with Crippen molar-refractivity contribution < 1.29 is 19.0 Å². The molecule has 3 nitrogen and oxygen atoms in total. The summed E-state index contributed by atoms with van der Waals surface area (Å²) < 4.78 is 19.0. The molecule has 0 bridgehead atoms. The summed E-state index contributed by atoms with van der Waals surface area (Å²) in [5, 5.41) is 8.89. The average Bonchev–Trinajstić information content (AvgIpc) is 2.25. The number of carboxylic acids is 1. The molecule has 5 heteroatoms. The van der Waals surface area contributed by atoms with Crippen molar-refractivity contribution in [2.24, 2.45) is 5.92 Å². The minimum Gasteiger partial charge on any atom is -0.496 e. The standard InChI is InChI=1S/C12H14BrFO3/c1-6-5-9(14)10(13)8(11(6)17-3)4-7(2)12(15)16/h5,7H,4H2,1-3H3,(H,15,16). The molecule has 1 rings (SSSR count). The topological polar surface area (TPSA) is 46.5 Å². The van der Waals surface area contributed by atoms with Gasteiger partial charge >= 0.3 is 5.97 Å². The highest BCUT2D eigenvalue weighted by Crippen LogP contribution is 2.34. The van der Waals surface area contributed by atoms with Crippen LogP contribution in [-0.2, 0) is 11.2 Å². The molecule has 1 atom stereocenters. The molecule has 1 aromatic carbocycles. The molecule has 1 N–H and O–H groups in total. The van der Waals surface area contributed by atoms with Crippen LogP contribution in [0.25, 0.3) is 0 Å². The Hall–Kier alpha value is -1.10. The van der Waals surface area contributed by atoms with E-state index in [2.05, 4.69) is 15.9 Å². The monoisotopic (exact) mass is 304 g/mol. The summed E-state index contributed by atoms with van der Waals surface area (Å²) >= 11 is 3.14. The van der Waals surface area contributed by atoms with E-state index in [1.165, 1.54) is 13.2 Å². The number of carboxylic acid groups (broad SMARTS) is 1. The van der Waals surface area contributed by atoms with Crippen molar-refractivity contribution in [3.8, 4) is 5.75 Å². The summed E-state index contributed by atoms with van der Waals surface area (Å²) in [6.45, 7) is 3.30. The lowest BCUT2D eigenvalue weighted by Gasteiger charge is -2.15. The van der Waals surface area contributed by atoms with Crippen LogP contribution in [0.3, 0.4) is 0 Å². The second-order valence-electron chi connectivity index (χ2n) is 3.94. The molecular weight excluding hydrogens is 291 g/mol. The Labute approximate surface area is 108 Å². The Balaban J connectivity index is 3.25. The van der Waals surface area contributed by atoms with Crippen LogP contribution in [0.15, 0.2) is 10.5 Å².